The maximum atomic E-state index is 11.7. The standard InChI is InChI=1S/C13H9N3O/c17-13-11(7-14-8-16-13)9-3-1-5-12-10(9)4-2-6-15-12/h1-8H,(H,14,16,17). The average molecular weight is 223 g/mol. The number of fused-ring (bicyclic) bond motifs is 1. The maximum absolute atomic E-state index is 11.7. The van der Waals surface area contributed by atoms with E-state index in [4.69, 9.17) is 0 Å². The Morgan fingerprint density at radius 2 is 2.00 bits per heavy atom. The van der Waals surface area contributed by atoms with Gasteiger partial charge in [-0.05, 0) is 17.7 Å². The first-order valence-electron chi connectivity index (χ1n) is 5.23. The molecule has 0 aliphatic heterocycles. The minimum Gasteiger partial charge on any atom is -0.313 e. The topological polar surface area (TPSA) is 58.6 Å². The highest BCUT2D eigenvalue weighted by Crippen LogP contribution is 2.24. The second-order valence-corrected chi connectivity index (χ2v) is 3.67. The van der Waals surface area contributed by atoms with Gasteiger partial charge in [0.2, 0.25) is 0 Å². The molecule has 0 unspecified atom stereocenters. The number of hydrogen-bond acceptors (Lipinski definition) is 3. The zero-order valence-electron chi connectivity index (χ0n) is 8.92. The smallest absolute Gasteiger partial charge is 0.258 e. The quantitative estimate of drug-likeness (QED) is 0.686. The number of nitrogens with zero attached hydrogens (tertiary/aromatic N) is 2. The normalized spacial score (nSPS) is 10.6. The summed E-state index contributed by atoms with van der Waals surface area (Å²) in [5.74, 6) is 0. The fourth-order valence-electron chi connectivity index (χ4n) is 1.87. The number of aromatic amines is 1. The molecule has 3 rings (SSSR count). The third-order valence-corrected chi connectivity index (χ3v) is 2.65. The van der Waals surface area contributed by atoms with Crippen molar-refractivity contribution in [2.45, 2.75) is 0 Å². The number of nitrogens with one attached hydrogen (secondary N) is 1. The Labute approximate surface area is 97.0 Å². The van der Waals surface area contributed by atoms with Crippen molar-refractivity contribution < 1.29 is 0 Å². The summed E-state index contributed by atoms with van der Waals surface area (Å²) in [5.41, 5.74) is 2.14. The molecular formula is C13H9N3O. The van der Waals surface area contributed by atoms with Gasteiger partial charge in [0.15, 0.2) is 0 Å². The van der Waals surface area contributed by atoms with Gasteiger partial charge in [0.1, 0.15) is 0 Å². The molecule has 82 valence electrons. The van der Waals surface area contributed by atoms with Crippen LogP contribution in [0.1, 0.15) is 0 Å². The van der Waals surface area contributed by atoms with Crippen LogP contribution in [0.5, 0.6) is 0 Å². The Balaban J connectivity index is 2.39. The lowest BCUT2D eigenvalue weighted by Gasteiger charge is -2.04. The minimum absolute atomic E-state index is 0.142. The monoisotopic (exact) mass is 223 g/mol. The third-order valence-electron chi connectivity index (χ3n) is 2.65. The van der Waals surface area contributed by atoms with Crippen LogP contribution in [0.4, 0.5) is 0 Å². The van der Waals surface area contributed by atoms with Gasteiger partial charge in [0, 0.05) is 17.8 Å². The molecule has 3 aromatic rings. The number of benzene rings is 1. The zero-order valence-corrected chi connectivity index (χ0v) is 8.92. The third kappa shape index (κ3) is 1.59. The molecule has 0 aliphatic carbocycles. The highest BCUT2D eigenvalue weighted by Gasteiger charge is 2.07. The fourth-order valence-corrected chi connectivity index (χ4v) is 1.87. The summed E-state index contributed by atoms with van der Waals surface area (Å²) in [7, 11) is 0. The molecule has 2 heterocycles. The Morgan fingerprint density at radius 3 is 2.88 bits per heavy atom. The van der Waals surface area contributed by atoms with Crippen molar-refractivity contribution in [2.24, 2.45) is 0 Å². The van der Waals surface area contributed by atoms with E-state index in [-0.39, 0.29) is 5.56 Å². The van der Waals surface area contributed by atoms with Gasteiger partial charge >= 0.3 is 0 Å². The Bertz CT molecular complexity index is 728. The minimum atomic E-state index is -0.142. The molecule has 4 nitrogen and oxygen atoms in total. The van der Waals surface area contributed by atoms with Crippen molar-refractivity contribution in [3.05, 3.63) is 59.4 Å². The SMILES string of the molecule is O=c1[nH]cncc1-c1cccc2ncccc12. The average Bonchev–Trinajstić information content (AvgIpc) is 2.39. The van der Waals surface area contributed by atoms with E-state index < -0.39 is 0 Å². The molecule has 0 fully saturated rings. The largest absolute Gasteiger partial charge is 0.313 e. The summed E-state index contributed by atoms with van der Waals surface area (Å²) < 4.78 is 0. The van der Waals surface area contributed by atoms with Crippen LogP contribution >= 0.6 is 0 Å². The molecule has 0 spiro atoms. The number of aromatic nitrogens is 3. The van der Waals surface area contributed by atoms with Gasteiger partial charge in [-0.1, -0.05) is 18.2 Å². The van der Waals surface area contributed by atoms with Crippen molar-refractivity contribution in [1.82, 2.24) is 15.0 Å². The summed E-state index contributed by atoms with van der Waals surface area (Å²) in [4.78, 5) is 22.5. The van der Waals surface area contributed by atoms with Crippen molar-refractivity contribution in [3.63, 3.8) is 0 Å². The van der Waals surface area contributed by atoms with Crippen LogP contribution in [0.3, 0.4) is 0 Å². The number of rotatable bonds is 1. The van der Waals surface area contributed by atoms with Crippen LogP contribution in [-0.4, -0.2) is 15.0 Å². The van der Waals surface area contributed by atoms with Crippen LogP contribution in [0.2, 0.25) is 0 Å². The first-order chi connectivity index (χ1) is 8.36. The first kappa shape index (κ1) is 9.72. The molecule has 0 aliphatic rings. The summed E-state index contributed by atoms with van der Waals surface area (Å²) in [6.45, 7) is 0. The highest BCUT2D eigenvalue weighted by molar-refractivity contribution is 5.93. The Kier molecular flexibility index (Phi) is 2.19. The van der Waals surface area contributed by atoms with E-state index >= 15 is 0 Å². The van der Waals surface area contributed by atoms with E-state index in [1.54, 1.807) is 12.4 Å². The van der Waals surface area contributed by atoms with Gasteiger partial charge in [0.05, 0.1) is 17.4 Å². The molecule has 0 amide bonds. The molecule has 1 aromatic carbocycles. The number of hydrogen-bond donors (Lipinski definition) is 1. The molecule has 0 atom stereocenters. The predicted octanol–water partition coefficient (Wildman–Crippen LogP) is 1.99. The summed E-state index contributed by atoms with van der Waals surface area (Å²) in [5, 5.41) is 0.952. The van der Waals surface area contributed by atoms with Gasteiger partial charge in [-0.25, -0.2) is 4.98 Å². The lowest BCUT2D eigenvalue weighted by Crippen LogP contribution is -2.08. The molecule has 1 N–H and O–H groups in total. The summed E-state index contributed by atoms with van der Waals surface area (Å²) >= 11 is 0. The molecule has 0 bridgehead atoms. The van der Waals surface area contributed by atoms with E-state index in [1.165, 1.54) is 6.33 Å². The maximum Gasteiger partial charge on any atom is 0.258 e. The van der Waals surface area contributed by atoms with E-state index in [0.717, 1.165) is 16.5 Å². The van der Waals surface area contributed by atoms with Crippen LogP contribution in [0.15, 0.2) is 53.8 Å². The molecule has 0 radical (unpaired) electrons. The number of pyridine rings is 1. The van der Waals surface area contributed by atoms with Crippen LogP contribution in [0, 0.1) is 0 Å². The summed E-state index contributed by atoms with van der Waals surface area (Å²) in [6, 6.07) is 9.51. The van der Waals surface area contributed by atoms with Gasteiger partial charge in [-0.15, -0.1) is 0 Å². The van der Waals surface area contributed by atoms with Crippen molar-refractivity contribution >= 4 is 10.9 Å². The van der Waals surface area contributed by atoms with Gasteiger partial charge in [-0.2, -0.15) is 0 Å². The highest BCUT2D eigenvalue weighted by atomic mass is 16.1. The van der Waals surface area contributed by atoms with Gasteiger partial charge in [-0.3, -0.25) is 9.78 Å². The van der Waals surface area contributed by atoms with Crippen molar-refractivity contribution in [2.75, 3.05) is 0 Å². The second kappa shape index (κ2) is 3.83. The van der Waals surface area contributed by atoms with Crippen molar-refractivity contribution in [3.8, 4) is 11.1 Å². The Morgan fingerprint density at radius 1 is 1.06 bits per heavy atom. The molecular weight excluding hydrogens is 214 g/mol. The van der Waals surface area contributed by atoms with Gasteiger partial charge < -0.3 is 4.98 Å². The molecule has 0 saturated heterocycles. The summed E-state index contributed by atoms with van der Waals surface area (Å²) in [6.07, 6.45) is 4.69. The second-order valence-electron chi connectivity index (χ2n) is 3.67. The first-order valence-corrected chi connectivity index (χ1v) is 5.23. The lowest BCUT2D eigenvalue weighted by atomic mass is 10.0. The number of H-pyrrole nitrogens is 1. The molecule has 17 heavy (non-hydrogen) atoms. The fraction of sp³-hybridized carbons (Fsp3) is 0. The molecule has 2 aromatic heterocycles. The lowest BCUT2D eigenvalue weighted by molar-refractivity contribution is 1.12. The van der Waals surface area contributed by atoms with Crippen molar-refractivity contribution in [1.29, 1.82) is 0 Å². The van der Waals surface area contributed by atoms with E-state index in [1.807, 2.05) is 30.3 Å². The predicted molar refractivity (Wildman–Crippen MR) is 65.6 cm³/mol. The van der Waals surface area contributed by atoms with E-state index in [9.17, 15) is 4.79 Å². The van der Waals surface area contributed by atoms with Crippen LogP contribution < -0.4 is 5.56 Å². The van der Waals surface area contributed by atoms with Gasteiger partial charge in [0.25, 0.3) is 5.56 Å². The van der Waals surface area contributed by atoms with Crippen LogP contribution in [0.25, 0.3) is 22.0 Å². The Hall–Kier alpha value is -2.49. The van der Waals surface area contributed by atoms with E-state index in [0.29, 0.717) is 5.56 Å². The van der Waals surface area contributed by atoms with E-state index in [2.05, 4.69) is 15.0 Å². The molecule has 4 heteroatoms. The van der Waals surface area contributed by atoms with Crippen LogP contribution in [-0.2, 0) is 0 Å². The molecule has 0 saturated carbocycles. The zero-order chi connectivity index (χ0) is 11.7.